The van der Waals surface area contributed by atoms with Crippen LogP contribution in [0.15, 0.2) is 17.5 Å². The second-order valence-electron chi connectivity index (χ2n) is 5.03. The first-order valence-corrected chi connectivity index (χ1v) is 7.46. The first-order chi connectivity index (χ1) is 8.25. The number of thiophene rings is 1. The van der Waals surface area contributed by atoms with Gasteiger partial charge in [-0.05, 0) is 31.2 Å². The Balaban J connectivity index is 1.77. The van der Waals surface area contributed by atoms with E-state index in [0.29, 0.717) is 0 Å². The average Bonchev–Trinajstić information content (AvgIpc) is 2.82. The molecule has 1 aliphatic rings. The predicted octanol–water partition coefficient (Wildman–Crippen LogP) is 3.38. The molecule has 0 aliphatic heterocycles. The van der Waals surface area contributed by atoms with Crippen molar-refractivity contribution in [2.45, 2.75) is 51.5 Å². The summed E-state index contributed by atoms with van der Waals surface area (Å²) in [4.78, 5) is 13.4. The number of hydrogen-bond acceptors (Lipinski definition) is 2. The van der Waals surface area contributed by atoms with Crippen molar-refractivity contribution in [3.05, 3.63) is 22.4 Å². The lowest BCUT2D eigenvalue weighted by molar-refractivity contribution is -0.126. The first kappa shape index (κ1) is 12.6. The molecule has 1 aliphatic carbocycles. The maximum absolute atomic E-state index is 12.0. The van der Waals surface area contributed by atoms with E-state index in [4.69, 9.17) is 0 Å². The van der Waals surface area contributed by atoms with Crippen molar-refractivity contribution in [3.8, 4) is 0 Å². The molecule has 1 unspecified atom stereocenters. The zero-order valence-corrected chi connectivity index (χ0v) is 11.3. The third-order valence-corrected chi connectivity index (χ3v) is 4.35. The van der Waals surface area contributed by atoms with Crippen LogP contribution in [0.3, 0.4) is 0 Å². The summed E-state index contributed by atoms with van der Waals surface area (Å²) in [5.41, 5.74) is 0. The predicted molar refractivity (Wildman–Crippen MR) is 72.2 cm³/mol. The minimum Gasteiger partial charge on any atom is -0.353 e. The fourth-order valence-electron chi connectivity index (χ4n) is 2.51. The zero-order valence-electron chi connectivity index (χ0n) is 10.4. The van der Waals surface area contributed by atoms with Crippen LogP contribution in [0.25, 0.3) is 0 Å². The van der Waals surface area contributed by atoms with Gasteiger partial charge in [-0.25, -0.2) is 0 Å². The van der Waals surface area contributed by atoms with E-state index in [1.54, 1.807) is 11.3 Å². The molecule has 0 bridgehead atoms. The Hall–Kier alpha value is -0.830. The summed E-state index contributed by atoms with van der Waals surface area (Å²) in [6.07, 6.45) is 6.86. The quantitative estimate of drug-likeness (QED) is 0.873. The van der Waals surface area contributed by atoms with E-state index < -0.39 is 0 Å². The second-order valence-corrected chi connectivity index (χ2v) is 6.06. The normalized spacial score (nSPS) is 18.9. The molecule has 1 aromatic heterocycles. The van der Waals surface area contributed by atoms with Gasteiger partial charge in [-0.15, -0.1) is 11.3 Å². The Morgan fingerprint density at radius 2 is 2.24 bits per heavy atom. The largest absolute Gasteiger partial charge is 0.353 e. The number of carbonyl (C=O) groups excluding carboxylic acids is 1. The number of carbonyl (C=O) groups is 1. The molecule has 1 amide bonds. The highest BCUT2D eigenvalue weighted by molar-refractivity contribution is 7.09. The van der Waals surface area contributed by atoms with Gasteiger partial charge in [-0.1, -0.05) is 25.3 Å². The van der Waals surface area contributed by atoms with Gasteiger partial charge in [-0.3, -0.25) is 4.79 Å². The summed E-state index contributed by atoms with van der Waals surface area (Å²) in [6.45, 7) is 2.10. The molecule has 94 valence electrons. The van der Waals surface area contributed by atoms with E-state index in [-0.39, 0.29) is 17.9 Å². The maximum atomic E-state index is 12.0. The second kappa shape index (κ2) is 6.20. The van der Waals surface area contributed by atoms with E-state index in [1.807, 2.05) is 0 Å². The van der Waals surface area contributed by atoms with E-state index in [2.05, 4.69) is 29.8 Å². The average molecular weight is 251 g/mol. The highest BCUT2D eigenvalue weighted by atomic mass is 32.1. The van der Waals surface area contributed by atoms with Gasteiger partial charge in [0.25, 0.3) is 0 Å². The maximum Gasteiger partial charge on any atom is 0.223 e. The van der Waals surface area contributed by atoms with Gasteiger partial charge >= 0.3 is 0 Å². The Morgan fingerprint density at radius 3 is 2.88 bits per heavy atom. The van der Waals surface area contributed by atoms with E-state index in [1.165, 1.54) is 24.1 Å². The molecule has 0 radical (unpaired) electrons. The lowest BCUT2D eigenvalue weighted by Crippen LogP contribution is -2.38. The van der Waals surface area contributed by atoms with Crippen molar-refractivity contribution in [2.75, 3.05) is 0 Å². The Kier molecular flexibility index (Phi) is 4.60. The highest BCUT2D eigenvalue weighted by Crippen LogP contribution is 2.23. The van der Waals surface area contributed by atoms with Crippen molar-refractivity contribution in [1.82, 2.24) is 5.32 Å². The van der Waals surface area contributed by atoms with Gasteiger partial charge in [0.2, 0.25) is 5.91 Å². The lowest BCUT2D eigenvalue weighted by atomic mass is 9.88. The third-order valence-electron chi connectivity index (χ3n) is 3.45. The van der Waals surface area contributed by atoms with E-state index in [0.717, 1.165) is 19.3 Å². The molecule has 1 heterocycles. The molecule has 1 aromatic rings. The third kappa shape index (κ3) is 3.84. The minimum absolute atomic E-state index is 0.253. The Labute approximate surface area is 107 Å². The topological polar surface area (TPSA) is 29.1 Å². The molecule has 2 rings (SSSR count). The number of nitrogens with one attached hydrogen (secondary N) is 1. The highest BCUT2D eigenvalue weighted by Gasteiger charge is 2.22. The van der Waals surface area contributed by atoms with Gasteiger partial charge in [-0.2, -0.15) is 0 Å². The van der Waals surface area contributed by atoms with Gasteiger partial charge in [0.1, 0.15) is 0 Å². The molecule has 1 fully saturated rings. The number of hydrogen-bond donors (Lipinski definition) is 1. The molecule has 1 atom stereocenters. The summed E-state index contributed by atoms with van der Waals surface area (Å²) in [6, 6.07) is 4.45. The van der Waals surface area contributed by atoms with Gasteiger partial charge in [0.05, 0.1) is 0 Å². The van der Waals surface area contributed by atoms with Crippen LogP contribution >= 0.6 is 11.3 Å². The van der Waals surface area contributed by atoms with Gasteiger partial charge in [0.15, 0.2) is 0 Å². The SMILES string of the molecule is CC(Cc1cccs1)NC(=O)C1CCCCC1. The molecule has 1 N–H and O–H groups in total. The van der Waals surface area contributed by atoms with E-state index >= 15 is 0 Å². The van der Waals surface area contributed by atoms with Crippen molar-refractivity contribution in [3.63, 3.8) is 0 Å². The molecule has 1 saturated carbocycles. The molecule has 0 spiro atoms. The minimum atomic E-state index is 0.253. The smallest absolute Gasteiger partial charge is 0.223 e. The molecular weight excluding hydrogens is 230 g/mol. The molecule has 17 heavy (non-hydrogen) atoms. The Bertz CT molecular complexity index is 341. The van der Waals surface area contributed by atoms with Crippen LogP contribution < -0.4 is 5.32 Å². The van der Waals surface area contributed by atoms with Crippen LogP contribution in [0.4, 0.5) is 0 Å². The van der Waals surface area contributed by atoms with Crippen LogP contribution in [0.1, 0.15) is 43.9 Å². The van der Waals surface area contributed by atoms with Crippen molar-refractivity contribution < 1.29 is 4.79 Å². The van der Waals surface area contributed by atoms with E-state index in [9.17, 15) is 4.79 Å². The standard InChI is InChI=1S/C14H21NOS/c1-11(10-13-8-5-9-17-13)15-14(16)12-6-3-2-4-7-12/h5,8-9,11-12H,2-4,6-7,10H2,1H3,(H,15,16). The fourth-order valence-corrected chi connectivity index (χ4v) is 3.34. The van der Waals surface area contributed by atoms with Crippen molar-refractivity contribution >= 4 is 17.2 Å². The summed E-state index contributed by atoms with van der Waals surface area (Å²) < 4.78 is 0. The van der Waals surface area contributed by atoms with Crippen molar-refractivity contribution in [2.24, 2.45) is 5.92 Å². The fraction of sp³-hybridized carbons (Fsp3) is 0.643. The van der Waals surface area contributed by atoms with Gasteiger partial charge < -0.3 is 5.32 Å². The lowest BCUT2D eigenvalue weighted by Gasteiger charge is -2.23. The van der Waals surface area contributed by atoms with Crippen LogP contribution in [-0.2, 0) is 11.2 Å². The summed E-state index contributed by atoms with van der Waals surface area (Å²) in [5.74, 6) is 0.545. The monoisotopic (exact) mass is 251 g/mol. The molecule has 2 nitrogen and oxygen atoms in total. The summed E-state index contributed by atoms with van der Waals surface area (Å²) in [7, 11) is 0. The zero-order chi connectivity index (χ0) is 12.1. The summed E-state index contributed by atoms with van der Waals surface area (Å²) in [5, 5.41) is 5.24. The summed E-state index contributed by atoms with van der Waals surface area (Å²) >= 11 is 1.76. The molecule has 0 aromatic carbocycles. The molecular formula is C14H21NOS. The van der Waals surface area contributed by atoms with Gasteiger partial charge in [0, 0.05) is 23.3 Å². The van der Waals surface area contributed by atoms with Crippen molar-refractivity contribution in [1.29, 1.82) is 0 Å². The Morgan fingerprint density at radius 1 is 1.47 bits per heavy atom. The molecule has 3 heteroatoms. The number of amides is 1. The van der Waals surface area contributed by atoms with Crippen LogP contribution in [-0.4, -0.2) is 11.9 Å². The van der Waals surface area contributed by atoms with Crippen LogP contribution in [0, 0.1) is 5.92 Å². The van der Waals surface area contributed by atoms with Crippen LogP contribution in [0.5, 0.6) is 0 Å². The first-order valence-electron chi connectivity index (χ1n) is 6.58. The molecule has 0 saturated heterocycles. The number of rotatable bonds is 4. The van der Waals surface area contributed by atoms with Crippen LogP contribution in [0.2, 0.25) is 0 Å².